The maximum absolute atomic E-state index is 5.27. The van der Waals surface area contributed by atoms with E-state index in [1.807, 2.05) is 25.1 Å². The molecule has 0 radical (unpaired) electrons. The molecule has 0 aliphatic carbocycles. The van der Waals surface area contributed by atoms with Crippen molar-refractivity contribution in [2.45, 2.75) is 6.92 Å². The molecule has 17 heavy (non-hydrogen) atoms. The highest BCUT2D eigenvalue weighted by atomic mass is 16.5. The van der Waals surface area contributed by atoms with E-state index in [1.165, 1.54) is 0 Å². The predicted octanol–water partition coefficient (Wildman–Crippen LogP) is -1.22. The van der Waals surface area contributed by atoms with Gasteiger partial charge in [-0.2, -0.15) is 5.10 Å². The van der Waals surface area contributed by atoms with Crippen LogP contribution in [0.1, 0.15) is 12.5 Å². The average molecular weight is 237 g/mol. The van der Waals surface area contributed by atoms with E-state index in [-0.39, 0.29) is 5.96 Å². The normalized spacial score (nSPS) is 10.9. The number of hydrazone groups is 1. The summed E-state index contributed by atoms with van der Waals surface area (Å²) in [6.45, 7) is 1.81. The van der Waals surface area contributed by atoms with Crippen LogP contribution in [0.15, 0.2) is 23.3 Å². The van der Waals surface area contributed by atoms with Crippen molar-refractivity contribution in [1.29, 1.82) is 0 Å². The Labute approximate surface area is 99.9 Å². The molecule has 0 spiro atoms. The standard InChI is InChI=1S/C11H16N4O2/c1-7(14-15-11(12)13)9-6-8(16-2)4-5-10(9)17-3/h4-6H,1-3H3,(H4,12,13,15)/p+1/b14-7-. The summed E-state index contributed by atoms with van der Waals surface area (Å²) < 4.78 is 10.4. The molecular formula is C11H17N4O2+. The second-order valence-corrected chi connectivity index (χ2v) is 3.33. The summed E-state index contributed by atoms with van der Waals surface area (Å²) in [5.74, 6) is 1.45. The number of hydrogen-bond acceptors (Lipinski definition) is 3. The number of guanidine groups is 1. The van der Waals surface area contributed by atoms with Gasteiger partial charge in [0.1, 0.15) is 11.5 Å². The van der Waals surface area contributed by atoms with Crippen LogP contribution in [-0.4, -0.2) is 25.9 Å². The van der Waals surface area contributed by atoms with E-state index in [2.05, 4.69) is 10.2 Å². The topological polar surface area (TPSA) is 96.8 Å². The number of rotatable bonds is 4. The summed E-state index contributed by atoms with van der Waals surface area (Å²) in [4.78, 5) is 0. The Kier molecular flexibility index (Phi) is 4.33. The first-order valence-corrected chi connectivity index (χ1v) is 4.99. The molecule has 6 heteroatoms. The number of nitrogens with two attached hydrogens (primary N) is 2. The molecule has 0 aliphatic heterocycles. The molecule has 0 atom stereocenters. The van der Waals surface area contributed by atoms with Gasteiger partial charge in [0.25, 0.3) is 0 Å². The van der Waals surface area contributed by atoms with Crippen molar-refractivity contribution >= 4 is 11.7 Å². The van der Waals surface area contributed by atoms with Gasteiger partial charge in [0.05, 0.1) is 19.9 Å². The number of benzene rings is 1. The van der Waals surface area contributed by atoms with Crippen LogP contribution in [0.5, 0.6) is 11.5 Å². The first-order valence-electron chi connectivity index (χ1n) is 4.99. The lowest BCUT2D eigenvalue weighted by atomic mass is 10.1. The zero-order valence-corrected chi connectivity index (χ0v) is 10.2. The maximum Gasteiger partial charge on any atom is 0.362 e. The number of methoxy groups -OCH3 is 2. The largest absolute Gasteiger partial charge is 0.497 e. The molecule has 0 heterocycles. The van der Waals surface area contributed by atoms with Gasteiger partial charge in [-0.05, 0) is 25.1 Å². The van der Waals surface area contributed by atoms with E-state index in [0.717, 1.165) is 11.3 Å². The Hall–Kier alpha value is -2.24. The molecule has 1 rings (SSSR count). The van der Waals surface area contributed by atoms with Crippen molar-refractivity contribution in [2.24, 2.45) is 16.6 Å². The van der Waals surface area contributed by atoms with Crippen molar-refractivity contribution < 1.29 is 14.6 Å². The van der Waals surface area contributed by atoms with Crippen LogP contribution in [0.4, 0.5) is 0 Å². The molecule has 0 saturated heterocycles. The SMILES string of the molecule is COc1ccc(OC)c(/C(C)=N\[NH+]=C(N)N)c1. The Morgan fingerprint density at radius 2 is 1.94 bits per heavy atom. The van der Waals surface area contributed by atoms with Crippen LogP contribution in [0.3, 0.4) is 0 Å². The molecule has 6 nitrogen and oxygen atoms in total. The van der Waals surface area contributed by atoms with Crippen molar-refractivity contribution in [3.05, 3.63) is 23.8 Å². The smallest absolute Gasteiger partial charge is 0.362 e. The lowest BCUT2D eigenvalue weighted by Gasteiger charge is -2.09. The van der Waals surface area contributed by atoms with Gasteiger partial charge in [0.2, 0.25) is 0 Å². The number of nitrogens with one attached hydrogen (secondary N) is 1. The van der Waals surface area contributed by atoms with Crippen molar-refractivity contribution in [3.63, 3.8) is 0 Å². The lowest BCUT2D eigenvalue weighted by molar-refractivity contribution is -0.464. The van der Waals surface area contributed by atoms with Crippen LogP contribution in [0, 0.1) is 0 Å². The highest BCUT2D eigenvalue weighted by molar-refractivity contribution is 6.01. The molecule has 0 unspecified atom stereocenters. The second-order valence-electron chi connectivity index (χ2n) is 3.33. The summed E-state index contributed by atoms with van der Waals surface area (Å²) >= 11 is 0. The summed E-state index contributed by atoms with van der Waals surface area (Å²) in [5, 5.41) is 6.52. The third-order valence-electron chi connectivity index (χ3n) is 2.15. The van der Waals surface area contributed by atoms with E-state index in [4.69, 9.17) is 20.9 Å². The average Bonchev–Trinajstić information content (AvgIpc) is 2.34. The first-order chi connectivity index (χ1) is 8.08. The third kappa shape index (κ3) is 3.37. The van der Waals surface area contributed by atoms with Gasteiger partial charge in [-0.1, -0.05) is 0 Å². The van der Waals surface area contributed by atoms with Crippen LogP contribution < -0.4 is 26.0 Å². The Balaban J connectivity index is 3.18. The Morgan fingerprint density at radius 3 is 2.47 bits per heavy atom. The number of nitrogens with zero attached hydrogens (tertiary/aromatic N) is 1. The lowest BCUT2D eigenvalue weighted by Crippen LogP contribution is -2.72. The van der Waals surface area contributed by atoms with E-state index >= 15 is 0 Å². The molecule has 5 N–H and O–H groups in total. The fourth-order valence-corrected chi connectivity index (χ4v) is 1.31. The molecule has 0 fully saturated rings. The molecule has 0 bridgehead atoms. The van der Waals surface area contributed by atoms with Gasteiger partial charge in [0.15, 0.2) is 0 Å². The minimum Gasteiger partial charge on any atom is -0.497 e. The highest BCUT2D eigenvalue weighted by Gasteiger charge is 2.08. The quantitative estimate of drug-likeness (QED) is 0.347. The van der Waals surface area contributed by atoms with Gasteiger partial charge in [-0.25, -0.2) is 0 Å². The molecule has 1 aromatic carbocycles. The third-order valence-corrected chi connectivity index (χ3v) is 2.15. The predicted molar refractivity (Wildman–Crippen MR) is 66.1 cm³/mol. The zero-order chi connectivity index (χ0) is 12.8. The van der Waals surface area contributed by atoms with Crippen LogP contribution in [0.2, 0.25) is 0 Å². The van der Waals surface area contributed by atoms with Gasteiger partial charge in [-0.3, -0.25) is 11.5 Å². The zero-order valence-electron chi connectivity index (χ0n) is 10.2. The minimum atomic E-state index is 0.0335. The van der Waals surface area contributed by atoms with Gasteiger partial charge in [-0.15, -0.1) is 5.10 Å². The van der Waals surface area contributed by atoms with E-state index in [9.17, 15) is 0 Å². The summed E-state index contributed by atoms with van der Waals surface area (Å²) in [6.07, 6.45) is 0. The van der Waals surface area contributed by atoms with Crippen LogP contribution in [-0.2, 0) is 0 Å². The first kappa shape index (κ1) is 12.8. The van der Waals surface area contributed by atoms with E-state index in [0.29, 0.717) is 11.5 Å². The van der Waals surface area contributed by atoms with Crippen molar-refractivity contribution in [2.75, 3.05) is 14.2 Å². The molecule has 1 aromatic rings. The van der Waals surface area contributed by atoms with Crippen molar-refractivity contribution in [1.82, 2.24) is 0 Å². The highest BCUT2D eigenvalue weighted by Crippen LogP contribution is 2.24. The van der Waals surface area contributed by atoms with Crippen LogP contribution in [0.25, 0.3) is 0 Å². The second kappa shape index (κ2) is 5.74. The summed E-state index contributed by atoms with van der Waals surface area (Å²) in [7, 11) is 3.19. The van der Waals surface area contributed by atoms with E-state index in [1.54, 1.807) is 14.2 Å². The Morgan fingerprint density at radius 1 is 1.24 bits per heavy atom. The monoisotopic (exact) mass is 237 g/mol. The molecule has 0 saturated carbocycles. The molecule has 0 aliphatic rings. The molecule has 0 aromatic heterocycles. The van der Waals surface area contributed by atoms with Crippen LogP contribution >= 0.6 is 0 Å². The molecular weight excluding hydrogens is 220 g/mol. The maximum atomic E-state index is 5.27. The summed E-state index contributed by atoms with van der Waals surface area (Å²) in [6, 6.07) is 5.45. The summed E-state index contributed by atoms with van der Waals surface area (Å²) in [5.41, 5.74) is 12.0. The molecule has 92 valence electrons. The number of hydrogen-bond donors (Lipinski definition) is 3. The number of ether oxygens (including phenoxy) is 2. The minimum absolute atomic E-state index is 0.0335. The van der Waals surface area contributed by atoms with E-state index < -0.39 is 0 Å². The van der Waals surface area contributed by atoms with Gasteiger partial charge in [0, 0.05) is 5.56 Å². The fraction of sp³-hybridized carbons (Fsp3) is 0.273. The van der Waals surface area contributed by atoms with Crippen molar-refractivity contribution in [3.8, 4) is 11.5 Å². The van der Waals surface area contributed by atoms with Gasteiger partial charge >= 0.3 is 5.96 Å². The molecule has 0 amide bonds. The fourth-order valence-electron chi connectivity index (χ4n) is 1.31. The Bertz CT molecular complexity index is 451. The van der Waals surface area contributed by atoms with Gasteiger partial charge < -0.3 is 9.47 Å².